The molecule has 0 saturated carbocycles. The van der Waals surface area contributed by atoms with Gasteiger partial charge in [-0.05, 0) is 37.2 Å². The van der Waals surface area contributed by atoms with Gasteiger partial charge >= 0.3 is 0 Å². The lowest BCUT2D eigenvalue weighted by Gasteiger charge is -2.25. The zero-order chi connectivity index (χ0) is 25.5. The average molecular weight is 475 g/mol. The quantitative estimate of drug-likeness (QED) is 0.310. The smallest absolute Gasteiger partial charge is 0.243 e. The summed E-state index contributed by atoms with van der Waals surface area (Å²) in [4.78, 5) is 50.3. The molecule has 0 aromatic heterocycles. The van der Waals surface area contributed by atoms with Crippen LogP contribution in [0.2, 0.25) is 0 Å². The summed E-state index contributed by atoms with van der Waals surface area (Å²) < 4.78 is 5.20. The number of hydrogen-bond acceptors (Lipinski definition) is 6. The molecule has 4 atom stereocenters. The number of ketones is 1. The number of Topliss-reactive ketones (excluding diaryl/α,β-unsaturated/α-hetero) is 1. The lowest BCUT2D eigenvalue weighted by atomic mass is 9.92. The van der Waals surface area contributed by atoms with E-state index in [-0.39, 0.29) is 24.2 Å². The van der Waals surface area contributed by atoms with Crippen molar-refractivity contribution in [1.82, 2.24) is 16.0 Å². The maximum Gasteiger partial charge on any atom is 0.243 e. The third kappa shape index (κ3) is 7.92. The number of carbonyl (C=O) groups is 4. The third-order valence-corrected chi connectivity index (χ3v) is 5.96. The van der Waals surface area contributed by atoms with Gasteiger partial charge in [0.2, 0.25) is 17.7 Å². The van der Waals surface area contributed by atoms with Crippen LogP contribution in [-0.2, 0) is 30.3 Å². The maximum atomic E-state index is 12.7. The van der Waals surface area contributed by atoms with E-state index in [4.69, 9.17) is 10.5 Å². The van der Waals surface area contributed by atoms with Gasteiger partial charge in [0.15, 0.2) is 5.78 Å². The van der Waals surface area contributed by atoms with E-state index < -0.39 is 41.4 Å². The second-order valence-corrected chi connectivity index (χ2v) is 9.75. The Morgan fingerprint density at radius 3 is 2.09 bits per heavy atom. The van der Waals surface area contributed by atoms with Crippen molar-refractivity contribution < 1.29 is 23.9 Å². The van der Waals surface area contributed by atoms with E-state index in [9.17, 15) is 19.2 Å². The summed E-state index contributed by atoms with van der Waals surface area (Å²) in [6, 6.07) is 7.40. The van der Waals surface area contributed by atoms with Gasteiger partial charge in [-0.1, -0.05) is 58.0 Å². The standard InChI is InChI=1S/C25H38N4O5/c1-15(2)20(22(31)25(5)14-34-25)28-19(30)13-27-24(33)21(16(3)4)29-23(32)18(26)12-11-17-9-7-6-8-10-17/h6-10,15-16,18,20-21H,11-14,26H2,1-5H3,(H,27,33)(H,28,30)(H,29,32)/t18-,20?,21-,25?/m0/s1. The first kappa shape index (κ1) is 27.5. The summed E-state index contributed by atoms with van der Waals surface area (Å²) in [5.41, 5.74) is 6.27. The van der Waals surface area contributed by atoms with Crippen molar-refractivity contribution in [2.45, 2.75) is 71.2 Å². The summed E-state index contributed by atoms with van der Waals surface area (Å²) in [6.07, 6.45) is 1.09. The largest absolute Gasteiger partial charge is 0.361 e. The van der Waals surface area contributed by atoms with E-state index in [1.165, 1.54) is 0 Å². The molecular formula is C25H38N4O5. The van der Waals surface area contributed by atoms with Gasteiger partial charge in [0.05, 0.1) is 25.2 Å². The Balaban J connectivity index is 1.85. The fourth-order valence-corrected chi connectivity index (χ4v) is 3.51. The van der Waals surface area contributed by atoms with Crippen molar-refractivity contribution in [2.24, 2.45) is 17.6 Å². The molecule has 0 bridgehead atoms. The Bertz CT molecular complexity index is 867. The molecule has 9 nitrogen and oxygen atoms in total. The second kappa shape index (κ2) is 12.1. The van der Waals surface area contributed by atoms with Crippen LogP contribution in [0.1, 0.15) is 46.6 Å². The van der Waals surface area contributed by atoms with E-state index in [1.54, 1.807) is 20.8 Å². The molecule has 2 unspecified atom stereocenters. The van der Waals surface area contributed by atoms with Crippen molar-refractivity contribution in [3.8, 4) is 0 Å². The molecule has 1 aromatic carbocycles. The summed E-state index contributed by atoms with van der Waals surface area (Å²) in [6.45, 7) is 8.97. The first-order valence-electron chi connectivity index (χ1n) is 11.8. The Labute approximate surface area is 201 Å². The first-order chi connectivity index (χ1) is 15.9. The van der Waals surface area contributed by atoms with Gasteiger partial charge in [0.25, 0.3) is 0 Å². The summed E-state index contributed by atoms with van der Waals surface area (Å²) in [5.74, 6) is -1.92. The topological polar surface area (TPSA) is 143 Å². The van der Waals surface area contributed by atoms with E-state index in [2.05, 4.69) is 16.0 Å². The molecule has 9 heteroatoms. The van der Waals surface area contributed by atoms with Gasteiger partial charge in [-0.25, -0.2) is 0 Å². The summed E-state index contributed by atoms with van der Waals surface area (Å²) in [7, 11) is 0. The van der Waals surface area contributed by atoms with Crippen molar-refractivity contribution in [1.29, 1.82) is 0 Å². The molecule has 3 amide bonds. The fourth-order valence-electron chi connectivity index (χ4n) is 3.51. The average Bonchev–Trinajstić information content (AvgIpc) is 3.55. The number of nitrogens with two attached hydrogens (primary N) is 1. The number of amides is 3. The molecule has 188 valence electrons. The molecule has 0 radical (unpaired) electrons. The zero-order valence-electron chi connectivity index (χ0n) is 20.7. The van der Waals surface area contributed by atoms with E-state index in [0.29, 0.717) is 19.4 Å². The minimum Gasteiger partial charge on any atom is -0.361 e. The van der Waals surface area contributed by atoms with Gasteiger partial charge in [-0.2, -0.15) is 0 Å². The molecule has 0 aliphatic carbocycles. The van der Waals surface area contributed by atoms with E-state index in [0.717, 1.165) is 5.56 Å². The lowest BCUT2D eigenvalue weighted by molar-refractivity contribution is -0.133. The van der Waals surface area contributed by atoms with Crippen molar-refractivity contribution in [3.05, 3.63) is 35.9 Å². The van der Waals surface area contributed by atoms with Gasteiger partial charge in [0, 0.05) is 0 Å². The monoisotopic (exact) mass is 474 g/mol. The van der Waals surface area contributed by atoms with Crippen LogP contribution in [0.25, 0.3) is 0 Å². The van der Waals surface area contributed by atoms with E-state index in [1.807, 2.05) is 44.2 Å². The van der Waals surface area contributed by atoms with Crippen LogP contribution in [0.3, 0.4) is 0 Å². The van der Waals surface area contributed by atoms with Gasteiger partial charge in [-0.15, -0.1) is 0 Å². The van der Waals surface area contributed by atoms with Crippen LogP contribution >= 0.6 is 0 Å². The van der Waals surface area contributed by atoms with Crippen molar-refractivity contribution >= 4 is 23.5 Å². The molecular weight excluding hydrogens is 436 g/mol. The lowest BCUT2D eigenvalue weighted by Crippen LogP contribution is -2.56. The van der Waals surface area contributed by atoms with Crippen LogP contribution in [0.4, 0.5) is 0 Å². The number of rotatable bonds is 13. The van der Waals surface area contributed by atoms with Crippen LogP contribution in [0.15, 0.2) is 30.3 Å². The highest BCUT2D eigenvalue weighted by Crippen LogP contribution is 2.29. The number of ether oxygens (including phenoxy) is 1. The Morgan fingerprint density at radius 1 is 0.971 bits per heavy atom. The van der Waals surface area contributed by atoms with Gasteiger partial charge < -0.3 is 26.4 Å². The SMILES string of the molecule is CC(C)C(NC(=O)CNC(=O)[C@@H](NC(=O)[C@@H](N)CCc1ccccc1)C(C)C)C(=O)C1(C)CO1. The number of aryl methyl sites for hydroxylation is 1. The first-order valence-corrected chi connectivity index (χ1v) is 11.8. The molecule has 2 rings (SSSR count). The number of nitrogens with one attached hydrogen (secondary N) is 3. The van der Waals surface area contributed by atoms with Crippen molar-refractivity contribution in [3.63, 3.8) is 0 Å². The van der Waals surface area contributed by atoms with Crippen LogP contribution in [0, 0.1) is 11.8 Å². The predicted molar refractivity (Wildman–Crippen MR) is 129 cm³/mol. The normalized spacial score (nSPS) is 19.8. The fraction of sp³-hybridized carbons (Fsp3) is 0.600. The summed E-state index contributed by atoms with van der Waals surface area (Å²) >= 11 is 0. The highest BCUT2D eigenvalue weighted by molar-refractivity contribution is 5.97. The molecule has 1 heterocycles. The van der Waals surface area contributed by atoms with Gasteiger partial charge in [-0.3, -0.25) is 19.2 Å². The highest BCUT2D eigenvalue weighted by atomic mass is 16.6. The molecule has 1 aromatic rings. The summed E-state index contributed by atoms with van der Waals surface area (Å²) in [5, 5.41) is 7.94. The Morgan fingerprint density at radius 2 is 1.56 bits per heavy atom. The van der Waals surface area contributed by atoms with Crippen molar-refractivity contribution in [2.75, 3.05) is 13.2 Å². The van der Waals surface area contributed by atoms with Crippen LogP contribution in [0.5, 0.6) is 0 Å². The third-order valence-electron chi connectivity index (χ3n) is 5.96. The minimum atomic E-state index is -0.849. The number of benzene rings is 1. The highest BCUT2D eigenvalue weighted by Gasteiger charge is 2.50. The number of epoxide rings is 1. The molecule has 1 fully saturated rings. The number of hydrogen-bond donors (Lipinski definition) is 4. The van der Waals surface area contributed by atoms with Gasteiger partial charge in [0.1, 0.15) is 11.6 Å². The van der Waals surface area contributed by atoms with Crippen LogP contribution < -0.4 is 21.7 Å². The minimum absolute atomic E-state index is 0.131. The molecule has 1 aliphatic rings. The Hall–Kier alpha value is -2.78. The number of carbonyl (C=O) groups excluding carboxylic acids is 4. The second-order valence-electron chi connectivity index (χ2n) is 9.75. The molecule has 1 aliphatic heterocycles. The van der Waals surface area contributed by atoms with E-state index >= 15 is 0 Å². The zero-order valence-corrected chi connectivity index (χ0v) is 20.7. The molecule has 5 N–H and O–H groups in total. The Kier molecular flexibility index (Phi) is 9.76. The molecule has 0 spiro atoms. The molecule has 1 saturated heterocycles. The van der Waals surface area contributed by atoms with Crippen LogP contribution in [-0.4, -0.2) is 60.4 Å². The predicted octanol–water partition coefficient (Wildman–Crippen LogP) is 0.702. The maximum absolute atomic E-state index is 12.7. The molecule has 34 heavy (non-hydrogen) atoms.